The van der Waals surface area contributed by atoms with Crippen LogP contribution in [0.5, 0.6) is 5.75 Å². The Morgan fingerprint density at radius 3 is 2.40 bits per heavy atom. The lowest BCUT2D eigenvalue weighted by Crippen LogP contribution is -2.16. The van der Waals surface area contributed by atoms with E-state index in [0.717, 1.165) is 0 Å². The first kappa shape index (κ1) is 11.7. The maximum Gasteiger partial charge on any atom is 0.272 e. The molecule has 0 aliphatic heterocycles. The van der Waals surface area contributed by atoms with Crippen LogP contribution in [0.1, 0.15) is 5.56 Å². The molecule has 0 atom stereocenters. The third kappa shape index (κ3) is 4.09. The van der Waals surface area contributed by atoms with E-state index in [9.17, 15) is 18.3 Å². The highest BCUT2D eigenvalue weighted by atomic mass is 32.2. The molecule has 1 aromatic carbocycles. The molecule has 0 amide bonds. The fourth-order valence-corrected chi connectivity index (χ4v) is 1.64. The number of para-hydroxylation sites is 1. The van der Waals surface area contributed by atoms with Gasteiger partial charge in [-0.3, -0.25) is 9.35 Å². The Hall–Kier alpha value is -1.40. The van der Waals surface area contributed by atoms with E-state index < -0.39 is 21.7 Å². The first-order valence-corrected chi connectivity index (χ1v) is 5.73. The van der Waals surface area contributed by atoms with Crippen molar-refractivity contribution in [1.29, 1.82) is 0 Å². The second-order valence-electron chi connectivity index (χ2n) is 3.07. The predicted molar refractivity (Wildman–Crippen MR) is 53.2 cm³/mol. The van der Waals surface area contributed by atoms with Crippen LogP contribution < -0.4 is 0 Å². The van der Waals surface area contributed by atoms with Gasteiger partial charge in [0, 0.05) is 12.0 Å². The quantitative estimate of drug-likeness (QED) is 0.730. The Morgan fingerprint density at radius 1 is 1.27 bits per heavy atom. The summed E-state index contributed by atoms with van der Waals surface area (Å²) in [6.07, 6.45) is -0.216. The minimum Gasteiger partial charge on any atom is -0.508 e. The van der Waals surface area contributed by atoms with Gasteiger partial charge in [0.1, 0.15) is 11.5 Å². The van der Waals surface area contributed by atoms with Crippen molar-refractivity contribution in [2.24, 2.45) is 0 Å². The summed E-state index contributed by atoms with van der Waals surface area (Å²) in [5.41, 5.74) is 0.339. The third-order valence-electron chi connectivity index (χ3n) is 1.72. The van der Waals surface area contributed by atoms with Crippen LogP contribution in [0.2, 0.25) is 0 Å². The average molecular weight is 230 g/mol. The highest BCUT2D eigenvalue weighted by Gasteiger charge is 2.14. The summed E-state index contributed by atoms with van der Waals surface area (Å²) >= 11 is 0. The Bertz CT molecular complexity index is 463. The first-order chi connectivity index (χ1) is 6.88. The molecular weight excluding hydrogens is 220 g/mol. The fraction of sp³-hybridized carbons (Fsp3) is 0.222. The van der Waals surface area contributed by atoms with E-state index in [2.05, 4.69) is 0 Å². The highest BCUT2D eigenvalue weighted by Crippen LogP contribution is 2.16. The van der Waals surface area contributed by atoms with Crippen LogP contribution in [-0.2, 0) is 21.3 Å². The molecule has 0 aromatic heterocycles. The summed E-state index contributed by atoms with van der Waals surface area (Å²) in [6, 6.07) is 6.12. The second-order valence-corrected chi connectivity index (χ2v) is 4.52. The number of phenolic OH excluding ortho intramolecular Hbond substituents is 1. The number of hydrogen-bond acceptors (Lipinski definition) is 4. The van der Waals surface area contributed by atoms with Crippen LogP contribution in [0.4, 0.5) is 0 Å². The molecule has 0 fully saturated rings. The number of rotatable bonds is 4. The standard InChI is InChI=1S/C9H10O5S/c10-8(6-15(12,13)14)5-7-3-1-2-4-9(7)11/h1-4,11H,5-6H2,(H,12,13,14). The average Bonchev–Trinajstić information content (AvgIpc) is 2.05. The molecule has 0 aliphatic carbocycles. The van der Waals surface area contributed by atoms with E-state index in [1.807, 2.05) is 0 Å². The number of carbonyl (C=O) groups excluding carboxylic acids is 1. The van der Waals surface area contributed by atoms with Crippen molar-refractivity contribution in [1.82, 2.24) is 0 Å². The van der Waals surface area contributed by atoms with Gasteiger partial charge in [-0.05, 0) is 6.07 Å². The number of phenols is 1. The molecule has 15 heavy (non-hydrogen) atoms. The second kappa shape index (κ2) is 4.41. The highest BCUT2D eigenvalue weighted by molar-refractivity contribution is 7.86. The Kier molecular flexibility index (Phi) is 3.43. The molecule has 6 heteroatoms. The van der Waals surface area contributed by atoms with Gasteiger partial charge in [0.05, 0.1) is 0 Å². The summed E-state index contributed by atoms with van der Waals surface area (Å²) in [5, 5.41) is 9.29. The molecule has 0 saturated heterocycles. The van der Waals surface area contributed by atoms with Gasteiger partial charge >= 0.3 is 0 Å². The fourth-order valence-electron chi connectivity index (χ4n) is 1.13. The van der Waals surface area contributed by atoms with Gasteiger partial charge in [0.2, 0.25) is 0 Å². The number of carbonyl (C=O) groups is 1. The minimum atomic E-state index is -4.29. The van der Waals surface area contributed by atoms with Crippen molar-refractivity contribution in [2.75, 3.05) is 5.75 Å². The summed E-state index contributed by atoms with van der Waals surface area (Å²) in [6.45, 7) is 0. The monoisotopic (exact) mass is 230 g/mol. The molecule has 0 aliphatic rings. The molecule has 5 nitrogen and oxygen atoms in total. The molecule has 0 saturated carbocycles. The van der Waals surface area contributed by atoms with Gasteiger partial charge < -0.3 is 5.11 Å². The van der Waals surface area contributed by atoms with E-state index in [4.69, 9.17) is 4.55 Å². The molecule has 1 rings (SSSR count). The normalized spacial score (nSPS) is 11.3. The van der Waals surface area contributed by atoms with E-state index in [0.29, 0.717) is 5.56 Å². The van der Waals surface area contributed by atoms with Gasteiger partial charge in [-0.1, -0.05) is 18.2 Å². The van der Waals surface area contributed by atoms with Gasteiger partial charge in [0.25, 0.3) is 10.1 Å². The van der Waals surface area contributed by atoms with Crippen molar-refractivity contribution in [3.05, 3.63) is 29.8 Å². The molecule has 0 spiro atoms. The van der Waals surface area contributed by atoms with Gasteiger partial charge in [-0.25, -0.2) is 0 Å². The number of aromatic hydroxyl groups is 1. The number of ketones is 1. The van der Waals surface area contributed by atoms with Crippen LogP contribution in [-0.4, -0.2) is 29.6 Å². The molecule has 1 aromatic rings. The maximum absolute atomic E-state index is 11.1. The van der Waals surface area contributed by atoms with Crippen LogP contribution in [0, 0.1) is 0 Å². The van der Waals surface area contributed by atoms with Crippen molar-refractivity contribution in [2.45, 2.75) is 6.42 Å². The van der Waals surface area contributed by atoms with Gasteiger partial charge in [0.15, 0.2) is 5.78 Å². The van der Waals surface area contributed by atoms with E-state index in [1.54, 1.807) is 12.1 Å². The molecule has 0 bridgehead atoms. The SMILES string of the molecule is O=C(Cc1ccccc1O)CS(=O)(=O)O. The summed E-state index contributed by atoms with van der Waals surface area (Å²) < 4.78 is 29.2. The molecule has 0 unspecified atom stereocenters. The number of hydrogen-bond donors (Lipinski definition) is 2. The lowest BCUT2D eigenvalue weighted by molar-refractivity contribution is -0.116. The largest absolute Gasteiger partial charge is 0.508 e. The Labute approximate surface area is 87.1 Å². The zero-order valence-corrected chi connectivity index (χ0v) is 8.57. The van der Waals surface area contributed by atoms with E-state index in [-0.39, 0.29) is 12.2 Å². The molecular formula is C9H10O5S. The number of benzene rings is 1. The van der Waals surface area contributed by atoms with E-state index >= 15 is 0 Å². The lowest BCUT2D eigenvalue weighted by Gasteiger charge is -2.02. The lowest BCUT2D eigenvalue weighted by atomic mass is 10.1. The van der Waals surface area contributed by atoms with Gasteiger partial charge in [-0.15, -0.1) is 0 Å². The maximum atomic E-state index is 11.1. The molecule has 2 N–H and O–H groups in total. The first-order valence-electron chi connectivity index (χ1n) is 4.12. The van der Waals surface area contributed by atoms with Crippen LogP contribution in [0.3, 0.4) is 0 Å². The Morgan fingerprint density at radius 2 is 1.87 bits per heavy atom. The predicted octanol–water partition coefficient (Wildman–Crippen LogP) is 0.392. The molecule has 0 heterocycles. The van der Waals surface area contributed by atoms with Crippen LogP contribution in [0.15, 0.2) is 24.3 Å². The molecule has 0 radical (unpaired) electrons. The zero-order chi connectivity index (χ0) is 11.5. The van der Waals surface area contributed by atoms with Crippen molar-refractivity contribution >= 4 is 15.9 Å². The van der Waals surface area contributed by atoms with E-state index in [1.165, 1.54) is 12.1 Å². The van der Waals surface area contributed by atoms with Crippen LogP contribution in [0.25, 0.3) is 0 Å². The topological polar surface area (TPSA) is 91.7 Å². The minimum absolute atomic E-state index is 0.0683. The van der Waals surface area contributed by atoms with Crippen molar-refractivity contribution < 1.29 is 22.9 Å². The summed E-state index contributed by atoms with van der Waals surface area (Å²) in [7, 11) is -4.29. The van der Waals surface area contributed by atoms with Gasteiger partial charge in [-0.2, -0.15) is 8.42 Å². The third-order valence-corrected chi connectivity index (χ3v) is 2.41. The van der Waals surface area contributed by atoms with Crippen molar-refractivity contribution in [3.63, 3.8) is 0 Å². The van der Waals surface area contributed by atoms with Crippen molar-refractivity contribution in [3.8, 4) is 5.75 Å². The number of Topliss-reactive ketones (excluding diaryl/α,β-unsaturated/α-hetero) is 1. The summed E-state index contributed by atoms with van der Waals surface area (Å²) in [4.78, 5) is 11.1. The smallest absolute Gasteiger partial charge is 0.272 e. The zero-order valence-electron chi connectivity index (χ0n) is 7.75. The Balaban J connectivity index is 2.72. The van der Waals surface area contributed by atoms with Crippen LogP contribution >= 0.6 is 0 Å². The molecule has 82 valence electrons. The summed E-state index contributed by atoms with van der Waals surface area (Å²) in [5.74, 6) is -1.67.